The molecule has 0 aromatic heterocycles. The molecule has 3 rings (SSSR count). The first-order chi connectivity index (χ1) is 17.4. The van der Waals surface area contributed by atoms with Crippen molar-refractivity contribution in [2.45, 2.75) is 45.3 Å². The van der Waals surface area contributed by atoms with Gasteiger partial charge in [-0.2, -0.15) is 0 Å². The van der Waals surface area contributed by atoms with Crippen LogP contribution in [0.5, 0.6) is 11.5 Å². The van der Waals surface area contributed by atoms with E-state index in [1.54, 1.807) is 24.1 Å². The Kier molecular flexibility index (Phi) is 10.4. The summed E-state index contributed by atoms with van der Waals surface area (Å²) in [5.74, 6) is 0.536. The summed E-state index contributed by atoms with van der Waals surface area (Å²) < 4.78 is 12.1. The largest absolute Gasteiger partial charge is 0.493 e. The van der Waals surface area contributed by atoms with Crippen LogP contribution in [0.2, 0.25) is 0 Å². The van der Waals surface area contributed by atoms with Gasteiger partial charge in [-0.25, -0.2) is 0 Å². The maximum absolute atomic E-state index is 13.7. The van der Waals surface area contributed by atoms with E-state index < -0.39 is 6.04 Å². The highest BCUT2D eigenvalue weighted by atomic mass is 79.9. The molecule has 0 unspecified atom stereocenters. The maximum atomic E-state index is 13.7. The zero-order chi connectivity index (χ0) is 25.9. The number of ether oxygens (including phenoxy) is 2. The van der Waals surface area contributed by atoms with Crippen LogP contribution in [0.15, 0.2) is 83.3 Å². The molecule has 0 saturated heterocycles. The monoisotopic (exact) mass is 552 g/mol. The van der Waals surface area contributed by atoms with Crippen molar-refractivity contribution in [1.29, 1.82) is 0 Å². The van der Waals surface area contributed by atoms with E-state index in [0.717, 1.165) is 22.0 Å². The van der Waals surface area contributed by atoms with Crippen molar-refractivity contribution in [3.63, 3.8) is 0 Å². The Hall–Kier alpha value is -3.32. The fourth-order valence-corrected chi connectivity index (χ4v) is 4.23. The number of rotatable bonds is 12. The molecule has 3 aromatic carbocycles. The van der Waals surface area contributed by atoms with E-state index in [0.29, 0.717) is 17.9 Å². The van der Waals surface area contributed by atoms with E-state index in [4.69, 9.17) is 9.47 Å². The molecule has 190 valence electrons. The lowest BCUT2D eigenvalue weighted by molar-refractivity contribution is -0.143. The number of amides is 2. The number of nitrogens with one attached hydrogen (secondary N) is 1. The van der Waals surface area contributed by atoms with Crippen LogP contribution < -0.4 is 14.8 Å². The number of hydrogen-bond acceptors (Lipinski definition) is 4. The van der Waals surface area contributed by atoms with Gasteiger partial charge in [-0.1, -0.05) is 77.5 Å². The van der Waals surface area contributed by atoms with Crippen LogP contribution in [0.1, 0.15) is 31.4 Å². The average molecular weight is 553 g/mol. The molecule has 0 spiro atoms. The van der Waals surface area contributed by atoms with Crippen LogP contribution in [-0.4, -0.2) is 42.5 Å². The third kappa shape index (κ3) is 7.85. The SMILES string of the molecule is CC[C@H](C)NC(=O)[C@H](Cc1ccccc1)N(Cc1cccc(Br)c1)C(=O)COc1ccccc1OC. The van der Waals surface area contributed by atoms with E-state index in [1.165, 1.54) is 0 Å². The zero-order valence-corrected chi connectivity index (χ0v) is 22.5. The van der Waals surface area contributed by atoms with Gasteiger partial charge in [0.15, 0.2) is 18.1 Å². The Bertz CT molecular complexity index is 1140. The quantitative estimate of drug-likeness (QED) is 0.327. The molecule has 3 aromatic rings. The van der Waals surface area contributed by atoms with Crippen LogP contribution in [0.3, 0.4) is 0 Å². The lowest BCUT2D eigenvalue weighted by Crippen LogP contribution is -2.53. The normalized spacial score (nSPS) is 12.3. The molecule has 0 aliphatic rings. The first kappa shape index (κ1) is 27.3. The Morgan fingerprint density at radius 1 is 0.944 bits per heavy atom. The Morgan fingerprint density at radius 3 is 2.28 bits per heavy atom. The van der Waals surface area contributed by atoms with Crippen molar-refractivity contribution in [3.05, 3.63) is 94.5 Å². The molecule has 0 fully saturated rings. The van der Waals surface area contributed by atoms with Gasteiger partial charge >= 0.3 is 0 Å². The lowest BCUT2D eigenvalue weighted by Gasteiger charge is -2.32. The van der Waals surface area contributed by atoms with Gasteiger partial charge in [-0.15, -0.1) is 0 Å². The average Bonchev–Trinajstić information content (AvgIpc) is 2.89. The van der Waals surface area contributed by atoms with Crippen molar-refractivity contribution < 1.29 is 19.1 Å². The number of benzene rings is 3. The minimum atomic E-state index is -0.714. The van der Waals surface area contributed by atoms with Gasteiger partial charge in [-0.3, -0.25) is 9.59 Å². The molecule has 0 bridgehead atoms. The van der Waals surface area contributed by atoms with E-state index >= 15 is 0 Å². The maximum Gasteiger partial charge on any atom is 0.261 e. The fourth-order valence-electron chi connectivity index (χ4n) is 3.79. The van der Waals surface area contributed by atoms with Crippen LogP contribution in [0, 0.1) is 0 Å². The molecule has 2 atom stereocenters. The Labute approximate surface area is 221 Å². The van der Waals surface area contributed by atoms with Crippen LogP contribution in [0.4, 0.5) is 0 Å². The zero-order valence-electron chi connectivity index (χ0n) is 20.9. The van der Waals surface area contributed by atoms with Gasteiger partial charge in [0.1, 0.15) is 6.04 Å². The summed E-state index contributed by atoms with van der Waals surface area (Å²) >= 11 is 3.51. The van der Waals surface area contributed by atoms with Crippen LogP contribution >= 0.6 is 15.9 Å². The van der Waals surface area contributed by atoms with E-state index in [2.05, 4.69) is 21.2 Å². The van der Waals surface area contributed by atoms with Crippen molar-refractivity contribution in [2.75, 3.05) is 13.7 Å². The first-order valence-corrected chi connectivity index (χ1v) is 12.8. The highest BCUT2D eigenvalue weighted by molar-refractivity contribution is 9.10. The van der Waals surface area contributed by atoms with Crippen molar-refractivity contribution in [1.82, 2.24) is 10.2 Å². The summed E-state index contributed by atoms with van der Waals surface area (Å²) in [4.78, 5) is 28.8. The van der Waals surface area contributed by atoms with Crippen LogP contribution in [-0.2, 0) is 22.6 Å². The standard InChI is InChI=1S/C29H33BrN2O4/c1-4-21(2)31-29(34)25(18-22-11-6-5-7-12-22)32(19-23-13-10-14-24(30)17-23)28(33)20-36-27-16-9-8-15-26(27)35-3/h5-17,21,25H,4,18-20H2,1-3H3,(H,31,34)/t21-,25-/m0/s1. The molecule has 6 nitrogen and oxygen atoms in total. The second kappa shape index (κ2) is 13.7. The summed E-state index contributed by atoms with van der Waals surface area (Å²) in [6.07, 6.45) is 1.18. The minimum absolute atomic E-state index is 0.0107. The Balaban J connectivity index is 1.93. The minimum Gasteiger partial charge on any atom is -0.493 e. The van der Waals surface area contributed by atoms with E-state index in [9.17, 15) is 9.59 Å². The molecule has 0 saturated carbocycles. The molecule has 0 heterocycles. The topological polar surface area (TPSA) is 67.9 Å². The van der Waals surface area contributed by atoms with Crippen molar-refractivity contribution in [3.8, 4) is 11.5 Å². The summed E-state index contributed by atoms with van der Waals surface area (Å²) in [6.45, 7) is 4.01. The summed E-state index contributed by atoms with van der Waals surface area (Å²) in [7, 11) is 1.55. The highest BCUT2D eigenvalue weighted by Gasteiger charge is 2.31. The molecule has 0 aliphatic heterocycles. The number of nitrogens with zero attached hydrogens (tertiary/aromatic N) is 1. The van der Waals surface area contributed by atoms with E-state index in [1.807, 2.05) is 80.6 Å². The molecule has 2 amide bonds. The number of methoxy groups -OCH3 is 1. The first-order valence-electron chi connectivity index (χ1n) is 12.0. The second-order valence-corrected chi connectivity index (χ2v) is 9.53. The van der Waals surface area contributed by atoms with Gasteiger partial charge in [0.25, 0.3) is 5.91 Å². The third-order valence-electron chi connectivity index (χ3n) is 5.93. The number of hydrogen-bond donors (Lipinski definition) is 1. The van der Waals surface area contributed by atoms with E-state index in [-0.39, 0.29) is 31.0 Å². The smallest absolute Gasteiger partial charge is 0.261 e. The highest BCUT2D eigenvalue weighted by Crippen LogP contribution is 2.26. The third-order valence-corrected chi connectivity index (χ3v) is 6.43. The number of carbonyl (C=O) groups is 2. The molecule has 7 heteroatoms. The number of halogens is 1. The molecular formula is C29H33BrN2O4. The predicted octanol–water partition coefficient (Wildman–Crippen LogP) is 5.39. The molecular weight excluding hydrogens is 520 g/mol. The van der Waals surface area contributed by atoms with Crippen molar-refractivity contribution in [2.24, 2.45) is 0 Å². The van der Waals surface area contributed by atoms with Crippen molar-refractivity contribution >= 4 is 27.7 Å². The molecule has 36 heavy (non-hydrogen) atoms. The molecule has 0 aliphatic carbocycles. The summed E-state index contributed by atoms with van der Waals surface area (Å²) in [6, 6.07) is 23.9. The predicted molar refractivity (Wildman–Crippen MR) is 145 cm³/mol. The van der Waals surface area contributed by atoms with Gasteiger partial charge in [0.05, 0.1) is 7.11 Å². The summed E-state index contributed by atoms with van der Waals surface area (Å²) in [5, 5.41) is 3.07. The van der Waals surface area contributed by atoms with Gasteiger partial charge in [-0.05, 0) is 48.7 Å². The van der Waals surface area contributed by atoms with Gasteiger partial charge < -0.3 is 19.7 Å². The number of para-hydroxylation sites is 2. The Morgan fingerprint density at radius 2 is 1.61 bits per heavy atom. The van der Waals surface area contributed by atoms with Gasteiger partial charge in [0.2, 0.25) is 5.91 Å². The number of carbonyl (C=O) groups excluding carboxylic acids is 2. The summed E-state index contributed by atoms with van der Waals surface area (Å²) in [5.41, 5.74) is 1.88. The lowest BCUT2D eigenvalue weighted by atomic mass is 10.0. The molecule has 1 N–H and O–H groups in total. The van der Waals surface area contributed by atoms with Gasteiger partial charge in [0, 0.05) is 23.5 Å². The second-order valence-electron chi connectivity index (χ2n) is 8.61. The molecule has 0 radical (unpaired) electrons. The fraction of sp³-hybridized carbons (Fsp3) is 0.310. The van der Waals surface area contributed by atoms with Crippen LogP contribution in [0.25, 0.3) is 0 Å².